The summed E-state index contributed by atoms with van der Waals surface area (Å²) in [6.45, 7) is 4.06. The van der Waals surface area contributed by atoms with E-state index in [-0.39, 0.29) is 11.3 Å². The van der Waals surface area contributed by atoms with Gasteiger partial charge in [-0.2, -0.15) is 0 Å². The number of aryl methyl sites for hydroxylation is 1. The van der Waals surface area contributed by atoms with Crippen molar-refractivity contribution in [1.82, 2.24) is 14.8 Å². The molecule has 0 saturated heterocycles. The van der Waals surface area contributed by atoms with Gasteiger partial charge in [0.25, 0.3) is 0 Å². The van der Waals surface area contributed by atoms with E-state index in [1.807, 2.05) is 36.7 Å². The van der Waals surface area contributed by atoms with Crippen LogP contribution >= 0.6 is 27.7 Å². The predicted molar refractivity (Wildman–Crippen MR) is 86.7 cm³/mol. The highest BCUT2D eigenvalue weighted by Gasteiger charge is 2.24. The molecule has 1 aromatic carbocycles. The van der Waals surface area contributed by atoms with Crippen LogP contribution in [0.25, 0.3) is 0 Å². The molecule has 0 bridgehead atoms. The molecule has 2 N–H and O–H groups in total. The zero-order valence-electron chi connectivity index (χ0n) is 11.9. The molecule has 0 saturated carbocycles. The third kappa shape index (κ3) is 3.24. The van der Waals surface area contributed by atoms with Gasteiger partial charge in [0.15, 0.2) is 5.16 Å². The largest absolute Gasteiger partial charge is 0.326 e. The molecule has 6 heteroatoms. The third-order valence-corrected chi connectivity index (χ3v) is 5.50. The van der Waals surface area contributed by atoms with Crippen molar-refractivity contribution in [2.24, 2.45) is 12.8 Å². The van der Waals surface area contributed by atoms with Crippen LogP contribution in [0.2, 0.25) is 0 Å². The number of hydrogen-bond donors (Lipinski definition) is 1. The molecule has 0 aliphatic carbocycles. The van der Waals surface area contributed by atoms with Gasteiger partial charge in [-0.3, -0.25) is 0 Å². The van der Waals surface area contributed by atoms with Crippen molar-refractivity contribution in [1.29, 1.82) is 0 Å². The van der Waals surface area contributed by atoms with Gasteiger partial charge in [0.1, 0.15) is 5.82 Å². The van der Waals surface area contributed by atoms with Crippen LogP contribution in [0.1, 0.15) is 30.0 Å². The van der Waals surface area contributed by atoms with E-state index in [0.717, 1.165) is 21.9 Å². The lowest BCUT2D eigenvalue weighted by atomic mass is 10.0. The maximum absolute atomic E-state index is 6.32. The van der Waals surface area contributed by atoms with E-state index < -0.39 is 0 Å². The minimum absolute atomic E-state index is 0.0655. The fourth-order valence-corrected chi connectivity index (χ4v) is 3.89. The van der Waals surface area contributed by atoms with Gasteiger partial charge >= 0.3 is 0 Å². The number of aromatic nitrogens is 3. The number of halogens is 1. The molecule has 0 fully saturated rings. The van der Waals surface area contributed by atoms with Crippen molar-refractivity contribution < 1.29 is 0 Å². The summed E-state index contributed by atoms with van der Waals surface area (Å²) >= 11 is 5.29. The number of rotatable bonds is 5. The lowest BCUT2D eigenvalue weighted by Crippen LogP contribution is -2.26. The summed E-state index contributed by atoms with van der Waals surface area (Å²) in [6, 6.07) is 8.28. The molecule has 0 radical (unpaired) electrons. The molecule has 20 heavy (non-hydrogen) atoms. The van der Waals surface area contributed by atoms with Gasteiger partial charge in [-0.15, -0.1) is 10.2 Å². The first-order valence-corrected chi connectivity index (χ1v) is 8.24. The number of nitrogens with two attached hydrogens (primary N) is 1. The lowest BCUT2D eigenvalue weighted by Gasteiger charge is -2.23. The van der Waals surface area contributed by atoms with Crippen LogP contribution in [0.4, 0.5) is 0 Å². The molecule has 2 unspecified atom stereocenters. The Labute approximate surface area is 132 Å². The second kappa shape index (κ2) is 6.74. The van der Waals surface area contributed by atoms with Gasteiger partial charge in [-0.25, -0.2) is 0 Å². The summed E-state index contributed by atoms with van der Waals surface area (Å²) in [7, 11) is 1.98. The van der Waals surface area contributed by atoms with Gasteiger partial charge in [-0.1, -0.05) is 52.8 Å². The second-order valence-corrected chi connectivity index (χ2v) is 6.68. The highest BCUT2D eigenvalue weighted by molar-refractivity contribution is 9.10. The molecular formula is C14H19BrN4S. The molecule has 2 aromatic rings. The molecular weight excluding hydrogens is 336 g/mol. The normalized spacial score (nSPS) is 14.2. The Morgan fingerprint density at radius 3 is 2.60 bits per heavy atom. The molecule has 0 aliphatic rings. The van der Waals surface area contributed by atoms with Crippen molar-refractivity contribution in [3.63, 3.8) is 0 Å². The highest BCUT2D eigenvalue weighted by atomic mass is 79.9. The minimum atomic E-state index is 0.0655. The van der Waals surface area contributed by atoms with Crippen molar-refractivity contribution in [3.8, 4) is 0 Å². The maximum atomic E-state index is 6.32. The zero-order chi connectivity index (χ0) is 14.7. The second-order valence-electron chi connectivity index (χ2n) is 4.72. The Bertz CT molecular complexity index is 584. The van der Waals surface area contributed by atoms with Crippen LogP contribution in [-0.4, -0.2) is 20.8 Å². The predicted octanol–water partition coefficient (Wildman–Crippen LogP) is 3.46. The Kier molecular flexibility index (Phi) is 5.23. The molecule has 2 atom stereocenters. The average molecular weight is 355 g/mol. The topological polar surface area (TPSA) is 56.7 Å². The summed E-state index contributed by atoms with van der Waals surface area (Å²) in [5.74, 6) is 0.906. The van der Waals surface area contributed by atoms with E-state index in [4.69, 9.17) is 5.73 Å². The van der Waals surface area contributed by atoms with Gasteiger partial charge in [0, 0.05) is 17.6 Å². The van der Waals surface area contributed by atoms with Crippen LogP contribution in [-0.2, 0) is 7.05 Å². The van der Waals surface area contributed by atoms with E-state index in [9.17, 15) is 0 Å². The molecule has 2 rings (SSSR count). The van der Waals surface area contributed by atoms with Crippen LogP contribution < -0.4 is 5.73 Å². The van der Waals surface area contributed by atoms with Gasteiger partial charge < -0.3 is 10.3 Å². The zero-order valence-corrected chi connectivity index (χ0v) is 14.3. The molecule has 0 spiro atoms. The Morgan fingerprint density at radius 2 is 2.05 bits per heavy atom. The monoisotopic (exact) mass is 354 g/mol. The van der Waals surface area contributed by atoms with Gasteiger partial charge in [0.05, 0.1) is 5.25 Å². The highest BCUT2D eigenvalue weighted by Crippen LogP contribution is 2.40. The Morgan fingerprint density at radius 1 is 1.35 bits per heavy atom. The summed E-state index contributed by atoms with van der Waals surface area (Å²) in [4.78, 5) is 0. The van der Waals surface area contributed by atoms with Crippen LogP contribution in [0.3, 0.4) is 0 Å². The fraction of sp³-hybridized carbons (Fsp3) is 0.429. The van der Waals surface area contributed by atoms with Crippen LogP contribution in [0.5, 0.6) is 0 Å². The molecule has 108 valence electrons. The van der Waals surface area contributed by atoms with Gasteiger partial charge in [0.2, 0.25) is 0 Å². The fourth-order valence-electron chi connectivity index (χ4n) is 1.91. The summed E-state index contributed by atoms with van der Waals surface area (Å²) in [5, 5.41) is 9.39. The molecule has 1 aromatic heterocycles. The van der Waals surface area contributed by atoms with E-state index in [1.54, 1.807) is 11.8 Å². The molecule has 1 heterocycles. The van der Waals surface area contributed by atoms with E-state index >= 15 is 0 Å². The first-order valence-electron chi connectivity index (χ1n) is 6.57. The van der Waals surface area contributed by atoms with E-state index in [0.29, 0.717) is 0 Å². The third-order valence-electron chi connectivity index (χ3n) is 3.36. The Balaban J connectivity index is 2.34. The number of benzene rings is 1. The van der Waals surface area contributed by atoms with Crippen molar-refractivity contribution >= 4 is 27.7 Å². The van der Waals surface area contributed by atoms with Crippen molar-refractivity contribution in [3.05, 3.63) is 40.1 Å². The quantitative estimate of drug-likeness (QED) is 0.835. The first kappa shape index (κ1) is 15.5. The van der Waals surface area contributed by atoms with E-state index in [2.05, 4.69) is 39.1 Å². The number of hydrogen-bond acceptors (Lipinski definition) is 4. The average Bonchev–Trinajstić information content (AvgIpc) is 2.76. The van der Waals surface area contributed by atoms with Crippen LogP contribution in [0.15, 0.2) is 33.9 Å². The SMILES string of the molecule is CCC(N)C(Sc1nnc(C)n1C)c1ccccc1Br. The summed E-state index contributed by atoms with van der Waals surface area (Å²) in [5.41, 5.74) is 7.53. The number of thioether (sulfide) groups is 1. The minimum Gasteiger partial charge on any atom is -0.326 e. The number of nitrogens with zero attached hydrogens (tertiary/aromatic N) is 3. The van der Waals surface area contributed by atoms with Crippen molar-refractivity contribution in [2.45, 2.75) is 36.7 Å². The summed E-state index contributed by atoms with van der Waals surface area (Å²) in [6.07, 6.45) is 0.913. The standard InChI is InChI=1S/C14H19BrN4S/c1-4-12(16)13(10-7-5-6-8-11(10)15)20-14-18-17-9(2)19(14)3/h5-8,12-13H,4,16H2,1-3H3. The molecule has 0 amide bonds. The van der Waals surface area contributed by atoms with Gasteiger partial charge in [-0.05, 0) is 25.0 Å². The van der Waals surface area contributed by atoms with E-state index in [1.165, 1.54) is 5.56 Å². The smallest absolute Gasteiger partial charge is 0.191 e. The van der Waals surface area contributed by atoms with Crippen molar-refractivity contribution in [2.75, 3.05) is 0 Å². The van der Waals surface area contributed by atoms with Crippen LogP contribution in [0, 0.1) is 6.92 Å². The summed E-state index contributed by atoms with van der Waals surface area (Å²) < 4.78 is 3.08. The maximum Gasteiger partial charge on any atom is 0.191 e. The Hall–Kier alpha value is -0.850. The molecule has 4 nitrogen and oxygen atoms in total. The molecule has 0 aliphatic heterocycles. The first-order chi connectivity index (χ1) is 9.54. The lowest BCUT2D eigenvalue weighted by molar-refractivity contribution is 0.628.